The van der Waals surface area contributed by atoms with Crippen molar-refractivity contribution >= 4 is 6.29 Å². The van der Waals surface area contributed by atoms with Crippen LogP contribution in [0.3, 0.4) is 0 Å². The second kappa shape index (κ2) is 2.97. The second-order valence-electron chi connectivity index (χ2n) is 2.80. The summed E-state index contributed by atoms with van der Waals surface area (Å²) in [4.78, 5) is 12.5. The van der Waals surface area contributed by atoms with Crippen molar-refractivity contribution in [3.8, 4) is 0 Å². The van der Waals surface area contributed by atoms with Crippen molar-refractivity contribution in [3.05, 3.63) is 0 Å². The van der Waals surface area contributed by atoms with Crippen LogP contribution in [0.5, 0.6) is 0 Å². The van der Waals surface area contributed by atoms with Gasteiger partial charge in [0.15, 0.2) is 0 Å². The van der Waals surface area contributed by atoms with Crippen LogP contribution in [0.4, 0.5) is 0 Å². The van der Waals surface area contributed by atoms with Gasteiger partial charge in [0.05, 0.1) is 0 Å². The van der Waals surface area contributed by atoms with Gasteiger partial charge in [0, 0.05) is 12.5 Å². The molecule has 0 amide bonds. The molecule has 0 unspecified atom stereocenters. The van der Waals surface area contributed by atoms with E-state index in [1.54, 1.807) is 0 Å². The highest BCUT2D eigenvalue weighted by Crippen LogP contribution is 2.11. The lowest BCUT2D eigenvalue weighted by molar-refractivity contribution is -0.112. The van der Waals surface area contributed by atoms with Crippen LogP contribution in [-0.4, -0.2) is 31.3 Å². The van der Waals surface area contributed by atoms with Gasteiger partial charge in [-0.2, -0.15) is 0 Å². The van der Waals surface area contributed by atoms with Crippen molar-refractivity contribution in [2.24, 2.45) is 5.92 Å². The lowest BCUT2D eigenvalue weighted by atomic mass is 10.0. The van der Waals surface area contributed by atoms with Crippen LogP contribution in [0.25, 0.3) is 0 Å². The molecule has 0 aliphatic carbocycles. The van der Waals surface area contributed by atoms with Crippen LogP contribution in [0.15, 0.2) is 0 Å². The zero-order valence-corrected chi connectivity index (χ0v) is 5.84. The molecule has 0 spiro atoms. The maximum Gasteiger partial charge on any atom is 0.124 e. The highest BCUT2D eigenvalue weighted by atomic mass is 16.1. The molecule has 2 heteroatoms. The van der Waals surface area contributed by atoms with E-state index < -0.39 is 0 Å². The van der Waals surface area contributed by atoms with Crippen molar-refractivity contribution in [1.82, 2.24) is 4.90 Å². The summed E-state index contributed by atoms with van der Waals surface area (Å²) in [5.41, 5.74) is 0. The molecule has 0 N–H and O–H groups in total. The topological polar surface area (TPSA) is 20.3 Å². The van der Waals surface area contributed by atoms with Crippen molar-refractivity contribution in [3.63, 3.8) is 0 Å². The van der Waals surface area contributed by atoms with Gasteiger partial charge >= 0.3 is 0 Å². The standard InChI is InChI=1S/C7H13NO/c1-8-4-2-3-7(5-8)6-9/h6-7H,2-5H2,1H3/t7-/m1/s1. The highest BCUT2D eigenvalue weighted by molar-refractivity contribution is 5.53. The molecule has 0 aromatic heterocycles. The number of rotatable bonds is 1. The maximum atomic E-state index is 10.3. The van der Waals surface area contributed by atoms with E-state index >= 15 is 0 Å². The van der Waals surface area contributed by atoms with Gasteiger partial charge in [-0.05, 0) is 26.4 Å². The Morgan fingerprint density at radius 3 is 2.89 bits per heavy atom. The molecule has 1 fully saturated rings. The lowest BCUT2D eigenvalue weighted by Crippen LogP contribution is -2.32. The van der Waals surface area contributed by atoms with Gasteiger partial charge in [-0.1, -0.05) is 0 Å². The first kappa shape index (κ1) is 6.75. The molecule has 2 nitrogen and oxygen atoms in total. The summed E-state index contributed by atoms with van der Waals surface area (Å²) in [6.45, 7) is 2.12. The van der Waals surface area contributed by atoms with E-state index in [0.717, 1.165) is 25.8 Å². The first-order valence-corrected chi connectivity index (χ1v) is 3.47. The van der Waals surface area contributed by atoms with Crippen molar-refractivity contribution in [2.75, 3.05) is 20.1 Å². The van der Waals surface area contributed by atoms with Crippen LogP contribution in [0.2, 0.25) is 0 Å². The molecule has 0 bridgehead atoms. The smallest absolute Gasteiger partial charge is 0.124 e. The molecule has 0 aromatic rings. The minimum absolute atomic E-state index is 0.309. The summed E-state index contributed by atoms with van der Waals surface area (Å²) in [6.07, 6.45) is 3.35. The molecular weight excluding hydrogens is 114 g/mol. The maximum absolute atomic E-state index is 10.3. The number of nitrogens with zero attached hydrogens (tertiary/aromatic N) is 1. The fourth-order valence-corrected chi connectivity index (χ4v) is 1.32. The molecule has 0 radical (unpaired) electrons. The summed E-state index contributed by atoms with van der Waals surface area (Å²) in [6, 6.07) is 0. The number of carbonyl (C=O) groups excluding carboxylic acids is 1. The predicted octanol–water partition coefficient (Wildman–Crippen LogP) is 0.527. The Hall–Kier alpha value is -0.370. The Balaban J connectivity index is 2.31. The van der Waals surface area contributed by atoms with Gasteiger partial charge in [-0.25, -0.2) is 0 Å². The number of hydrogen-bond acceptors (Lipinski definition) is 2. The number of piperidine rings is 1. The highest BCUT2D eigenvalue weighted by Gasteiger charge is 2.15. The fourth-order valence-electron chi connectivity index (χ4n) is 1.32. The van der Waals surface area contributed by atoms with Crippen LogP contribution in [0.1, 0.15) is 12.8 Å². The Morgan fingerprint density at radius 2 is 2.44 bits per heavy atom. The van der Waals surface area contributed by atoms with Crippen LogP contribution >= 0.6 is 0 Å². The third-order valence-electron chi connectivity index (χ3n) is 1.85. The summed E-state index contributed by atoms with van der Waals surface area (Å²) >= 11 is 0. The summed E-state index contributed by atoms with van der Waals surface area (Å²) in [7, 11) is 2.07. The van der Waals surface area contributed by atoms with Crippen molar-refractivity contribution in [2.45, 2.75) is 12.8 Å². The third-order valence-corrected chi connectivity index (χ3v) is 1.85. The van der Waals surface area contributed by atoms with E-state index in [1.165, 1.54) is 6.42 Å². The molecule has 1 rings (SSSR count). The van der Waals surface area contributed by atoms with Crippen LogP contribution in [-0.2, 0) is 4.79 Å². The Morgan fingerprint density at radius 1 is 1.67 bits per heavy atom. The number of likely N-dealkylation sites (tertiary alicyclic amines) is 1. The molecule has 1 aliphatic heterocycles. The number of carbonyl (C=O) groups is 1. The SMILES string of the molecule is CN1CCC[C@@H](C=O)C1. The third kappa shape index (κ3) is 1.79. The molecule has 1 heterocycles. The fraction of sp³-hybridized carbons (Fsp3) is 0.857. The molecule has 52 valence electrons. The molecule has 1 atom stereocenters. The van der Waals surface area contributed by atoms with Gasteiger partial charge in [0.2, 0.25) is 0 Å². The first-order chi connectivity index (χ1) is 4.33. The zero-order valence-electron chi connectivity index (χ0n) is 5.84. The number of hydrogen-bond donors (Lipinski definition) is 0. The zero-order chi connectivity index (χ0) is 6.69. The lowest BCUT2D eigenvalue weighted by Gasteiger charge is -2.25. The normalized spacial score (nSPS) is 30.1. The Bertz CT molecular complexity index is 103. The Labute approximate surface area is 55.8 Å². The summed E-state index contributed by atoms with van der Waals surface area (Å²) in [5.74, 6) is 0.309. The van der Waals surface area contributed by atoms with E-state index in [2.05, 4.69) is 11.9 Å². The van der Waals surface area contributed by atoms with Crippen LogP contribution in [0, 0.1) is 5.92 Å². The summed E-state index contributed by atoms with van der Waals surface area (Å²) < 4.78 is 0. The molecule has 0 saturated carbocycles. The average Bonchev–Trinajstić information content (AvgIpc) is 1.88. The van der Waals surface area contributed by atoms with Crippen molar-refractivity contribution < 1.29 is 4.79 Å². The van der Waals surface area contributed by atoms with Crippen molar-refractivity contribution in [1.29, 1.82) is 0 Å². The molecule has 1 aliphatic rings. The second-order valence-corrected chi connectivity index (χ2v) is 2.80. The molecule has 0 aromatic carbocycles. The van der Waals surface area contributed by atoms with Gasteiger partial charge < -0.3 is 9.69 Å². The monoisotopic (exact) mass is 127 g/mol. The van der Waals surface area contributed by atoms with Gasteiger partial charge in [0.25, 0.3) is 0 Å². The molecule has 1 saturated heterocycles. The minimum atomic E-state index is 0.309. The average molecular weight is 127 g/mol. The van der Waals surface area contributed by atoms with Gasteiger partial charge in [-0.15, -0.1) is 0 Å². The Kier molecular flexibility index (Phi) is 2.22. The summed E-state index contributed by atoms with van der Waals surface area (Å²) in [5, 5.41) is 0. The number of aldehydes is 1. The molecular formula is C7H13NO. The largest absolute Gasteiger partial charge is 0.306 e. The minimum Gasteiger partial charge on any atom is -0.306 e. The van der Waals surface area contributed by atoms with E-state index in [9.17, 15) is 4.79 Å². The predicted molar refractivity (Wildman–Crippen MR) is 36.3 cm³/mol. The quantitative estimate of drug-likeness (QED) is 0.479. The van der Waals surface area contributed by atoms with E-state index in [-0.39, 0.29) is 0 Å². The van der Waals surface area contributed by atoms with E-state index in [1.807, 2.05) is 0 Å². The van der Waals surface area contributed by atoms with Crippen LogP contribution < -0.4 is 0 Å². The van der Waals surface area contributed by atoms with E-state index in [4.69, 9.17) is 0 Å². The van der Waals surface area contributed by atoms with Gasteiger partial charge in [-0.3, -0.25) is 0 Å². The molecule has 9 heavy (non-hydrogen) atoms. The van der Waals surface area contributed by atoms with E-state index in [0.29, 0.717) is 5.92 Å². The van der Waals surface area contributed by atoms with Gasteiger partial charge in [0.1, 0.15) is 6.29 Å². The first-order valence-electron chi connectivity index (χ1n) is 3.47.